The molecule has 146 valence electrons. The van der Waals surface area contributed by atoms with Gasteiger partial charge in [-0.3, -0.25) is 4.79 Å². The molecule has 0 spiro atoms. The summed E-state index contributed by atoms with van der Waals surface area (Å²) in [6.45, 7) is 5.30. The molecule has 2 aromatic carbocycles. The number of aryl methyl sites for hydroxylation is 1. The third kappa shape index (κ3) is 4.42. The van der Waals surface area contributed by atoms with Crippen LogP contribution in [-0.2, 0) is 6.54 Å². The number of benzene rings is 2. The number of para-hydroxylation sites is 1. The third-order valence-corrected chi connectivity index (χ3v) is 4.86. The molecule has 1 heterocycles. The van der Waals surface area contributed by atoms with Crippen molar-refractivity contribution < 1.29 is 13.9 Å². The molecular formula is C23H25FN2O2. The second-order valence-electron chi connectivity index (χ2n) is 6.86. The summed E-state index contributed by atoms with van der Waals surface area (Å²) in [5.41, 5.74) is 3.85. The maximum atomic E-state index is 13.6. The predicted octanol–water partition coefficient (Wildman–Crippen LogP) is 4.44. The third-order valence-electron chi connectivity index (χ3n) is 4.86. The van der Waals surface area contributed by atoms with Gasteiger partial charge in [-0.1, -0.05) is 42.5 Å². The highest BCUT2D eigenvalue weighted by Crippen LogP contribution is 2.19. The van der Waals surface area contributed by atoms with Gasteiger partial charge >= 0.3 is 0 Å². The smallest absolute Gasteiger partial charge is 0.255 e. The SMILES string of the molecule is Cc1cc(C(=O)N(C)CCOc2ccccc2F)c(C)n1Cc1ccccc1. The Morgan fingerprint density at radius 1 is 1.07 bits per heavy atom. The van der Waals surface area contributed by atoms with Crippen LogP contribution in [0.3, 0.4) is 0 Å². The molecule has 5 heteroatoms. The van der Waals surface area contributed by atoms with Gasteiger partial charge in [0.15, 0.2) is 11.6 Å². The number of ether oxygens (including phenoxy) is 1. The van der Waals surface area contributed by atoms with Crippen molar-refractivity contribution in [2.45, 2.75) is 20.4 Å². The average Bonchev–Trinajstić information content (AvgIpc) is 2.98. The number of carbonyl (C=O) groups is 1. The van der Waals surface area contributed by atoms with Gasteiger partial charge in [-0.2, -0.15) is 0 Å². The fourth-order valence-corrected chi connectivity index (χ4v) is 3.19. The molecule has 4 nitrogen and oxygen atoms in total. The van der Waals surface area contributed by atoms with Gasteiger partial charge in [0.05, 0.1) is 12.1 Å². The number of halogens is 1. The molecule has 1 aromatic heterocycles. The molecule has 0 aliphatic carbocycles. The largest absolute Gasteiger partial charge is 0.489 e. The molecule has 3 aromatic rings. The van der Waals surface area contributed by atoms with Crippen molar-refractivity contribution >= 4 is 5.91 Å². The summed E-state index contributed by atoms with van der Waals surface area (Å²) in [6, 6.07) is 18.4. The van der Waals surface area contributed by atoms with E-state index in [0.717, 1.165) is 17.9 Å². The van der Waals surface area contributed by atoms with Crippen molar-refractivity contribution in [1.29, 1.82) is 0 Å². The Labute approximate surface area is 165 Å². The number of hydrogen-bond donors (Lipinski definition) is 0. The van der Waals surface area contributed by atoms with E-state index in [1.54, 1.807) is 30.1 Å². The highest BCUT2D eigenvalue weighted by Gasteiger charge is 2.19. The Balaban J connectivity index is 1.65. The Morgan fingerprint density at radius 3 is 2.46 bits per heavy atom. The van der Waals surface area contributed by atoms with E-state index in [2.05, 4.69) is 16.7 Å². The Morgan fingerprint density at radius 2 is 1.75 bits per heavy atom. The Bertz CT molecular complexity index is 950. The van der Waals surface area contributed by atoms with E-state index in [1.807, 2.05) is 38.1 Å². The summed E-state index contributed by atoms with van der Waals surface area (Å²) in [7, 11) is 1.73. The summed E-state index contributed by atoms with van der Waals surface area (Å²) >= 11 is 0. The zero-order chi connectivity index (χ0) is 20.1. The zero-order valence-corrected chi connectivity index (χ0v) is 16.5. The lowest BCUT2D eigenvalue weighted by molar-refractivity contribution is 0.0772. The van der Waals surface area contributed by atoms with E-state index in [-0.39, 0.29) is 18.3 Å². The number of carbonyl (C=O) groups excluding carboxylic acids is 1. The van der Waals surface area contributed by atoms with Crippen molar-refractivity contribution in [3.05, 3.63) is 89.0 Å². The minimum Gasteiger partial charge on any atom is -0.489 e. The summed E-state index contributed by atoms with van der Waals surface area (Å²) in [6.07, 6.45) is 0. The molecule has 28 heavy (non-hydrogen) atoms. The lowest BCUT2D eigenvalue weighted by atomic mass is 10.2. The quantitative estimate of drug-likeness (QED) is 0.607. The minimum absolute atomic E-state index is 0.0652. The number of aromatic nitrogens is 1. The molecule has 0 radical (unpaired) electrons. The molecule has 3 rings (SSSR count). The zero-order valence-electron chi connectivity index (χ0n) is 16.5. The summed E-state index contributed by atoms with van der Waals surface area (Å²) in [5, 5.41) is 0. The van der Waals surface area contributed by atoms with Gasteiger partial charge in [-0.15, -0.1) is 0 Å². The number of likely N-dealkylation sites (N-methyl/N-ethyl adjacent to an activating group) is 1. The maximum Gasteiger partial charge on any atom is 0.255 e. The van der Waals surface area contributed by atoms with E-state index < -0.39 is 5.82 Å². The van der Waals surface area contributed by atoms with Crippen LogP contribution in [0.2, 0.25) is 0 Å². The monoisotopic (exact) mass is 380 g/mol. The summed E-state index contributed by atoms with van der Waals surface area (Å²) in [4.78, 5) is 14.5. The molecule has 0 N–H and O–H groups in total. The van der Waals surface area contributed by atoms with Gasteiger partial charge in [0.25, 0.3) is 5.91 Å². The van der Waals surface area contributed by atoms with Gasteiger partial charge in [-0.25, -0.2) is 4.39 Å². The van der Waals surface area contributed by atoms with Crippen LogP contribution >= 0.6 is 0 Å². The van der Waals surface area contributed by atoms with Crippen LogP contribution in [0.1, 0.15) is 27.3 Å². The van der Waals surface area contributed by atoms with E-state index in [0.29, 0.717) is 12.1 Å². The first kappa shape index (κ1) is 19.7. The maximum absolute atomic E-state index is 13.6. The van der Waals surface area contributed by atoms with Crippen LogP contribution in [0.25, 0.3) is 0 Å². The average molecular weight is 380 g/mol. The van der Waals surface area contributed by atoms with Crippen LogP contribution in [0.15, 0.2) is 60.7 Å². The standard InChI is InChI=1S/C23H25FN2O2/c1-17-15-20(18(2)26(17)16-19-9-5-4-6-10-19)23(27)25(3)13-14-28-22-12-8-7-11-21(22)24/h4-12,15H,13-14,16H2,1-3H3. The van der Waals surface area contributed by atoms with Crippen molar-refractivity contribution in [2.24, 2.45) is 0 Å². The van der Waals surface area contributed by atoms with E-state index >= 15 is 0 Å². The van der Waals surface area contributed by atoms with Crippen LogP contribution in [0.5, 0.6) is 5.75 Å². The lowest BCUT2D eigenvalue weighted by Gasteiger charge is -2.18. The first-order valence-corrected chi connectivity index (χ1v) is 9.31. The number of rotatable bonds is 7. The van der Waals surface area contributed by atoms with Crippen LogP contribution < -0.4 is 4.74 Å². The highest BCUT2D eigenvalue weighted by atomic mass is 19.1. The van der Waals surface area contributed by atoms with Gasteiger partial charge in [-0.05, 0) is 37.6 Å². The fraction of sp³-hybridized carbons (Fsp3) is 0.261. The van der Waals surface area contributed by atoms with E-state index in [1.165, 1.54) is 11.6 Å². The first-order chi connectivity index (χ1) is 13.5. The summed E-state index contributed by atoms with van der Waals surface area (Å²) in [5.74, 6) is -0.269. The Hall–Kier alpha value is -3.08. The molecule has 0 aliphatic heterocycles. The van der Waals surface area contributed by atoms with Crippen molar-refractivity contribution in [2.75, 3.05) is 20.2 Å². The number of amides is 1. The molecule has 0 bridgehead atoms. The molecule has 0 aliphatic rings. The molecular weight excluding hydrogens is 355 g/mol. The van der Waals surface area contributed by atoms with Crippen LogP contribution in [0, 0.1) is 19.7 Å². The van der Waals surface area contributed by atoms with Gasteiger partial charge < -0.3 is 14.2 Å². The van der Waals surface area contributed by atoms with Gasteiger partial charge in [0.1, 0.15) is 6.61 Å². The normalized spacial score (nSPS) is 10.7. The number of hydrogen-bond acceptors (Lipinski definition) is 2. The van der Waals surface area contributed by atoms with Gasteiger partial charge in [0, 0.05) is 25.0 Å². The molecule has 0 fully saturated rings. The first-order valence-electron chi connectivity index (χ1n) is 9.31. The van der Waals surface area contributed by atoms with Crippen molar-refractivity contribution in [3.63, 3.8) is 0 Å². The molecule has 1 amide bonds. The van der Waals surface area contributed by atoms with Crippen molar-refractivity contribution in [1.82, 2.24) is 9.47 Å². The van der Waals surface area contributed by atoms with Crippen LogP contribution in [-0.4, -0.2) is 35.6 Å². The summed E-state index contributed by atoms with van der Waals surface area (Å²) < 4.78 is 21.2. The second-order valence-corrected chi connectivity index (χ2v) is 6.86. The Kier molecular flexibility index (Phi) is 6.14. The minimum atomic E-state index is -0.402. The molecule has 0 unspecified atom stereocenters. The van der Waals surface area contributed by atoms with Crippen LogP contribution in [0.4, 0.5) is 4.39 Å². The predicted molar refractivity (Wildman–Crippen MR) is 108 cm³/mol. The van der Waals surface area contributed by atoms with E-state index in [4.69, 9.17) is 4.74 Å². The van der Waals surface area contributed by atoms with Crippen molar-refractivity contribution in [3.8, 4) is 5.75 Å². The van der Waals surface area contributed by atoms with E-state index in [9.17, 15) is 9.18 Å². The number of nitrogens with zero attached hydrogens (tertiary/aromatic N) is 2. The molecule has 0 saturated carbocycles. The second kappa shape index (κ2) is 8.74. The topological polar surface area (TPSA) is 34.5 Å². The highest BCUT2D eigenvalue weighted by molar-refractivity contribution is 5.95. The fourth-order valence-electron chi connectivity index (χ4n) is 3.19. The lowest BCUT2D eigenvalue weighted by Crippen LogP contribution is -2.31. The molecule has 0 saturated heterocycles. The van der Waals surface area contributed by atoms with Gasteiger partial charge in [0.2, 0.25) is 0 Å². The molecule has 0 atom stereocenters.